The van der Waals surface area contributed by atoms with Crippen LogP contribution in [0.15, 0.2) is 83.8 Å². The molecular weight excluding hydrogens is 472 g/mol. The average Bonchev–Trinajstić information content (AvgIpc) is 2.89. The fourth-order valence-electron chi connectivity index (χ4n) is 3.08. The quantitative estimate of drug-likeness (QED) is 0.320. The zero-order valence-electron chi connectivity index (χ0n) is 19.3. The van der Waals surface area contributed by atoms with Crippen molar-refractivity contribution in [2.45, 2.75) is 4.90 Å². The van der Waals surface area contributed by atoms with Gasteiger partial charge in [-0.1, -0.05) is 30.3 Å². The second-order valence-electron chi connectivity index (χ2n) is 7.26. The first-order chi connectivity index (χ1) is 16.8. The smallest absolute Gasteiger partial charge is 0.338 e. The lowest BCUT2D eigenvalue weighted by Crippen LogP contribution is -2.32. The Morgan fingerprint density at radius 1 is 0.914 bits per heavy atom. The number of para-hydroxylation sites is 3. The number of methoxy groups -OCH3 is 1. The Morgan fingerprint density at radius 2 is 1.57 bits per heavy atom. The number of sulfonamides is 1. The Morgan fingerprint density at radius 3 is 2.26 bits per heavy atom. The lowest BCUT2D eigenvalue weighted by Gasteiger charge is -2.21. The van der Waals surface area contributed by atoms with Gasteiger partial charge < -0.3 is 19.5 Å². The second-order valence-corrected chi connectivity index (χ2v) is 9.23. The molecule has 0 aliphatic heterocycles. The normalized spacial score (nSPS) is 10.8. The van der Waals surface area contributed by atoms with E-state index in [4.69, 9.17) is 14.2 Å². The van der Waals surface area contributed by atoms with Gasteiger partial charge in [0.2, 0.25) is 0 Å². The molecule has 184 valence electrons. The molecule has 0 atom stereocenters. The van der Waals surface area contributed by atoms with Crippen LogP contribution in [-0.2, 0) is 19.6 Å². The Kier molecular flexibility index (Phi) is 8.69. The molecule has 1 amide bonds. The Bertz CT molecular complexity index is 1250. The number of nitrogens with one attached hydrogen (secondary N) is 1. The summed E-state index contributed by atoms with van der Waals surface area (Å²) in [6.45, 7) is 0.0429. The summed E-state index contributed by atoms with van der Waals surface area (Å²) in [4.78, 5) is 24.1. The van der Waals surface area contributed by atoms with Crippen molar-refractivity contribution in [2.24, 2.45) is 0 Å². The predicted octanol–water partition coefficient (Wildman–Crippen LogP) is 2.87. The maximum absolute atomic E-state index is 13.0. The van der Waals surface area contributed by atoms with Crippen LogP contribution < -0.4 is 19.1 Å². The van der Waals surface area contributed by atoms with Crippen molar-refractivity contribution in [3.8, 4) is 11.5 Å². The fraction of sp³-hybridized carbons (Fsp3) is 0.200. The number of carbonyl (C=O) groups excluding carboxylic acids is 2. The van der Waals surface area contributed by atoms with Gasteiger partial charge in [-0.05, 0) is 48.5 Å². The zero-order chi connectivity index (χ0) is 25.3. The third kappa shape index (κ3) is 6.73. The van der Waals surface area contributed by atoms with E-state index in [9.17, 15) is 18.0 Å². The minimum atomic E-state index is -3.90. The maximum atomic E-state index is 13.0. The highest BCUT2D eigenvalue weighted by atomic mass is 32.2. The third-order valence-electron chi connectivity index (χ3n) is 4.94. The van der Waals surface area contributed by atoms with Crippen LogP contribution in [0.5, 0.6) is 11.5 Å². The van der Waals surface area contributed by atoms with E-state index in [1.54, 1.807) is 36.4 Å². The van der Waals surface area contributed by atoms with Crippen LogP contribution in [0.2, 0.25) is 0 Å². The summed E-state index contributed by atoms with van der Waals surface area (Å²) in [6, 6.07) is 21.2. The summed E-state index contributed by atoms with van der Waals surface area (Å²) in [5.74, 6) is -0.133. The van der Waals surface area contributed by atoms with Crippen molar-refractivity contribution in [1.82, 2.24) is 5.32 Å². The largest absolute Gasteiger partial charge is 0.495 e. The van der Waals surface area contributed by atoms with Gasteiger partial charge >= 0.3 is 5.97 Å². The van der Waals surface area contributed by atoms with Gasteiger partial charge in [-0.3, -0.25) is 9.10 Å². The number of hydrogen-bond donors (Lipinski definition) is 1. The monoisotopic (exact) mass is 498 g/mol. The van der Waals surface area contributed by atoms with Gasteiger partial charge in [0.05, 0.1) is 29.8 Å². The molecule has 3 rings (SSSR count). The first-order valence-corrected chi connectivity index (χ1v) is 12.1. The van der Waals surface area contributed by atoms with Crippen molar-refractivity contribution in [3.63, 3.8) is 0 Å². The van der Waals surface area contributed by atoms with Crippen molar-refractivity contribution in [1.29, 1.82) is 0 Å². The molecule has 0 aliphatic rings. The summed E-state index contributed by atoms with van der Waals surface area (Å²) in [6.07, 6.45) is 0. The first-order valence-electron chi connectivity index (χ1n) is 10.7. The molecule has 0 radical (unpaired) electrons. The minimum Gasteiger partial charge on any atom is -0.495 e. The molecule has 3 aromatic carbocycles. The van der Waals surface area contributed by atoms with Gasteiger partial charge in [0.15, 0.2) is 6.61 Å². The molecule has 0 fully saturated rings. The first kappa shape index (κ1) is 25.6. The number of benzene rings is 3. The van der Waals surface area contributed by atoms with E-state index >= 15 is 0 Å². The highest BCUT2D eigenvalue weighted by molar-refractivity contribution is 7.92. The molecule has 0 heterocycles. The Balaban J connectivity index is 1.51. The predicted molar refractivity (Wildman–Crippen MR) is 130 cm³/mol. The molecule has 1 N–H and O–H groups in total. The third-order valence-corrected chi connectivity index (χ3v) is 6.73. The van der Waals surface area contributed by atoms with Gasteiger partial charge in [-0.15, -0.1) is 0 Å². The number of hydrogen-bond acceptors (Lipinski definition) is 7. The fourth-order valence-corrected chi connectivity index (χ4v) is 4.29. The molecule has 0 unspecified atom stereocenters. The van der Waals surface area contributed by atoms with E-state index in [0.717, 1.165) is 4.31 Å². The summed E-state index contributed by atoms with van der Waals surface area (Å²) in [5.41, 5.74) is 0.489. The molecule has 10 heteroatoms. The molecule has 0 aromatic heterocycles. The molecule has 0 saturated carbocycles. The molecule has 3 aromatic rings. The standard InChI is InChI=1S/C25H26N2O7S/c1-27(22-10-6-7-11-23(22)32-2)35(30,31)21-14-12-19(13-15-21)25(29)34-18-24(28)26-16-17-33-20-8-4-3-5-9-20/h3-15H,16-18H2,1-2H3,(H,26,28). The van der Waals surface area contributed by atoms with Crippen LogP contribution in [-0.4, -0.2) is 54.2 Å². The molecule has 9 nitrogen and oxygen atoms in total. The molecular formula is C25H26N2O7S. The molecule has 0 saturated heterocycles. The number of esters is 1. The van der Waals surface area contributed by atoms with Crippen LogP contribution in [0.1, 0.15) is 10.4 Å². The summed E-state index contributed by atoms with van der Waals surface area (Å²) in [7, 11) is -1.03. The zero-order valence-corrected chi connectivity index (χ0v) is 20.2. The highest BCUT2D eigenvalue weighted by Gasteiger charge is 2.24. The summed E-state index contributed by atoms with van der Waals surface area (Å²) >= 11 is 0. The maximum Gasteiger partial charge on any atom is 0.338 e. The van der Waals surface area contributed by atoms with E-state index in [-0.39, 0.29) is 23.6 Å². The SMILES string of the molecule is COc1ccccc1N(C)S(=O)(=O)c1ccc(C(=O)OCC(=O)NCCOc2ccccc2)cc1. The average molecular weight is 499 g/mol. The van der Waals surface area contributed by atoms with Crippen LogP contribution in [0, 0.1) is 0 Å². The number of ether oxygens (including phenoxy) is 3. The van der Waals surface area contributed by atoms with Crippen LogP contribution >= 0.6 is 0 Å². The van der Waals surface area contributed by atoms with Crippen molar-refractivity contribution >= 4 is 27.6 Å². The second kappa shape index (κ2) is 11.9. The molecule has 0 spiro atoms. The van der Waals surface area contributed by atoms with Gasteiger partial charge in [-0.25, -0.2) is 13.2 Å². The number of rotatable bonds is 11. The van der Waals surface area contributed by atoms with Crippen molar-refractivity contribution < 1.29 is 32.2 Å². The van der Waals surface area contributed by atoms with Crippen molar-refractivity contribution in [2.75, 3.05) is 38.2 Å². The summed E-state index contributed by atoms with van der Waals surface area (Å²) < 4.78 is 42.8. The minimum absolute atomic E-state index is 0.0152. The lowest BCUT2D eigenvalue weighted by atomic mass is 10.2. The van der Waals surface area contributed by atoms with Crippen LogP contribution in [0.25, 0.3) is 0 Å². The number of anilines is 1. The number of carbonyl (C=O) groups is 2. The topological polar surface area (TPSA) is 111 Å². The number of nitrogens with zero attached hydrogens (tertiary/aromatic N) is 1. The van der Waals surface area contributed by atoms with Crippen LogP contribution in [0.3, 0.4) is 0 Å². The van der Waals surface area contributed by atoms with E-state index in [0.29, 0.717) is 17.2 Å². The molecule has 35 heavy (non-hydrogen) atoms. The number of amides is 1. The lowest BCUT2D eigenvalue weighted by molar-refractivity contribution is -0.124. The van der Waals surface area contributed by atoms with E-state index in [1.165, 1.54) is 38.4 Å². The Labute approximate surface area is 204 Å². The van der Waals surface area contributed by atoms with Crippen molar-refractivity contribution in [3.05, 3.63) is 84.4 Å². The Hall–Kier alpha value is -4.05. The van der Waals surface area contributed by atoms with Crippen LogP contribution in [0.4, 0.5) is 5.69 Å². The van der Waals surface area contributed by atoms with Gasteiger partial charge in [-0.2, -0.15) is 0 Å². The van der Waals surface area contributed by atoms with E-state index in [2.05, 4.69) is 5.32 Å². The van der Waals surface area contributed by atoms with E-state index < -0.39 is 28.5 Å². The van der Waals surface area contributed by atoms with Gasteiger partial charge in [0.25, 0.3) is 15.9 Å². The van der Waals surface area contributed by atoms with E-state index in [1.807, 2.05) is 18.2 Å². The van der Waals surface area contributed by atoms with Gasteiger partial charge in [0.1, 0.15) is 18.1 Å². The van der Waals surface area contributed by atoms with Gasteiger partial charge in [0, 0.05) is 7.05 Å². The highest BCUT2D eigenvalue weighted by Crippen LogP contribution is 2.30. The summed E-state index contributed by atoms with van der Waals surface area (Å²) in [5, 5.41) is 2.59. The molecule has 0 aliphatic carbocycles. The molecule has 0 bridgehead atoms.